The van der Waals surface area contributed by atoms with Crippen LogP contribution in [0.5, 0.6) is 0 Å². The van der Waals surface area contributed by atoms with E-state index in [9.17, 15) is 0 Å². The Morgan fingerprint density at radius 1 is 1.08 bits per heavy atom. The van der Waals surface area contributed by atoms with Gasteiger partial charge in [0.1, 0.15) is 0 Å². The van der Waals surface area contributed by atoms with Gasteiger partial charge in [-0.2, -0.15) is 0 Å². The van der Waals surface area contributed by atoms with Gasteiger partial charge in [-0.3, -0.25) is 4.99 Å². The van der Waals surface area contributed by atoms with E-state index in [2.05, 4.69) is 39.6 Å². The molecule has 0 aromatic carbocycles. The van der Waals surface area contributed by atoms with Crippen LogP contribution in [0, 0.1) is 0 Å². The highest BCUT2D eigenvalue weighted by Gasteiger charge is 2.06. The second kappa shape index (κ2) is 6.17. The largest absolute Gasteiger partial charge is 0.289 e. The first kappa shape index (κ1) is 12.7. The van der Waals surface area contributed by atoms with Crippen molar-refractivity contribution in [3.8, 4) is 0 Å². The number of nitrogens with zero attached hydrogens (tertiary/aromatic N) is 1. The Balaban J connectivity index is 3.62. The second-order valence-corrected chi connectivity index (χ2v) is 4.83. The molecule has 0 radical (unpaired) electrons. The highest BCUT2D eigenvalue weighted by molar-refractivity contribution is 5.82. The van der Waals surface area contributed by atoms with Crippen LogP contribution in [0.1, 0.15) is 66.7 Å². The molecule has 0 spiro atoms. The quantitative estimate of drug-likeness (QED) is 0.447. The van der Waals surface area contributed by atoms with Crippen molar-refractivity contribution >= 4 is 5.71 Å². The zero-order chi connectivity index (χ0) is 10.3. The van der Waals surface area contributed by atoms with Crippen molar-refractivity contribution in [2.75, 3.05) is 0 Å². The molecule has 0 N–H and O–H groups in total. The van der Waals surface area contributed by atoms with Crippen LogP contribution in [-0.4, -0.2) is 11.3 Å². The van der Waals surface area contributed by atoms with Crippen molar-refractivity contribution in [3.05, 3.63) is 0 Å². The summed E-state index contributed by atoms with van der Waals surface area (Å²) in [7, 11) is 0. The van der Waals surface area contributed by atoms with E-state index >= 15 is 0 Å². The molecular weight excluding hydrogens is 158 g/mol. The van der Waals surface area contributed by atoms with Crippen LogP contribution in [0.4, 0.5) is 0 Å². The van der Waals surface area contributed by atoms with Gasteiger partial charge in [0.2, 0.25) is 0 Å². The summed E-state index contributed by atoms with van der Waals surface area (Å²) in [5.74, 6) is 0. The minimum absolute atomic E-state index is 0.106. The van der Waals surface area contributed by atoms with Gasteiger partial charge in [0, 0.05) is 5.71 Å². The minimum Gasteiger partial charge on any atom is -0.289 e. The molecule has 0 amide bonds. The van der Waals surface area contributed by atoms with Crippen LogP contribution in [0.25, 0.3) is 0 Å². The predicted molar refractivity (Wildman–Crippen MR) is 61.6 cm³/mol. The summed E-state index contributed by atoms with van der Waals surface area (Å²) in [5.41, 5.74) is 1.41. The Bertz CT molecular complexity index is 151. The van der Waals surface area contributed by atoms with Crippen molar-refractivity contribution in [1.82, 2.24) is 0 Å². The molecule has 1 heteroatoms. The predicted octanol–water partition coefficient (Wildman–Crippen LogP) is 4.22. The monoisotopic (exact) mass is 183 g/mol. The average Bonchev–Trinajstić information content (AvgIpc) is 1.94. The van der Waals surface area contributed by atoms with Gasteiger partial charge in [0.25, 0.3) is 0 Å². The maximum absolute atomic E-state index is 4.62. The molecule has 0 aromatic rings. The van der Waals surface area contributed by atoms with E-state index in [4.69, 9.17) is 0 Å². The average molecular weight is 183 g/mol. The molecule has 78 valence electrons. The van der Waals surface area contributed by atoms with Crippen molar-refractivity contribution in [2.45, 2.75) is 72.3 Å². The summed E-state index contributed by atoms with van der Waals surface area (Å²) in [6, 6.07) is 0. The molecule has 0 aliphatic rings. The van der Waals surface area contributed by atoms with E-state index in [0.29, 0.717) is 0 Å². The molecule has 0 heterocycles. The van der Waals surface area contributed by atoms with Crippen LogP contribution in [0.15, 0.2) is 4.99 Å². The summed E-state index contributed by atoms with van der Waals surface area (Å²) >= 11 is 0. The van der Waals surface area contributed by atoms with Gasteiger partial charge in [0.05, 0.1) is 5.54 Å². The molecule has 13 heavy (non-hydrogen) atoms. The normalized spacial score (nSPS) is 13.5. The lowest BCUT2D eigenvalue weighted by molar-refractivity contribution is 0.578. The number of hydrogen-bond donors (Lipinski definition) is 0. The van der Waals surface area contributed by atoms with Gasteiger partial charge in [-0.25, -0.2) is 0 Å². The zero-order valence-corrected chi connectivity index (χ0v) is 9.98. The Morgan fingerprint density at radius 2 is 1.69 bits per heavy atom. The zero-order valence-electron chi connectivity index (χ0n) is 9.98. The molecule has 0 unspecified atom stereocenters. The van der Waals surface area contributed by atoms with Gasteiger partial charge in [-0.15, -0.1) is 0 Å². The first-order chi connectivity index (χ1) is 5.95. The maximum atomic E-state index is 4.62. The number of aliphatic imine (C=N–C) groups is 1. The van der Waals surface area contributed by atoms with Crippen LogP contribution < -0.4 is 0 Å². The summed E-state index contributed by atoms with van der Waals surface area (Å²) < 4.78 is 0. The third kappa shape index (κ3) is 9.59. The van der Waals surface area contributed by atoms with Crippen molar-refractivity contribution in [1.29, 1.82) is 0 Å². The smallest absolute Gasteiger partial charge is 0.0523 e. The second-order valence-electron chi connectivity index (χ2n) is 4.83. The van der Waals surface area contributed by atoms with Crippen LogP contribution in [-0.2, 0) is 0 Å². The lowest BCUT2D eigenvalue weighted by Gasteiger charge is -2.13. The summed E-state index contributed by atoms with van der Waals surface area (Å²) in [4.78, 5) is 4.62. The molecule has 0 aliphatic carbocycles. The van der Waals surface area contributed by atoms with Crippen molar-refractivity contribution in [3.63, 3.8) is 0 Å². The maximum Gasteiger partial charge on any atom is 0.0523 e. The first-order valence-electron chi connectivity index (χ1n) is 5.51. The molecule has 0 aromatic heterocycles. The molecule has 0 rings (SSSR count). The molecule has 0 fully saturated rings. The Hall–Kier alpha value is -0.330. The van der Waals surface area contributed by atoms with Crippen LogP contribution in [0.2, 0.25) is 0 Å². The third-order valence-corrected chi connectivity index (χ3v) is 1.92. The fourth-order valence-electron chi connectivity index (χ4n) is 1.44. The number of hydrogen-bond acceptors (Lipinski definition) is 1. The molecule has 0 saturated carbocycles. The summed E-state index contributed by atoms with van der Waals surface area (Å²) in [6.07, 6.45) is 6.52. The third-order valence-electron chi connectivity index (χ3n) is 1.92. The SMILES string of the molecule is CCCCCC/C(C)=N\C(C)(C)C. The van der Waals surface area contributed by atoms with E-state index in [1.165, 1.54) is 37.8 Å². The van der Waals surface area contributed by atoms with E-state index in [-0.39, 0.29) is 5.54 Å². The topological polar surface area (TPSA) is 12.4 Å². The fourth-order valence-corrected chi connectivity index (χ4v) is 1.44. The van der Waals surface area contributed by atoms with Gasteiger partial charge >= 0.3 is 0 Å². The van der Waals surface area contributed by atoms with E-state index in [1.54, 1.807) is 0 Å². The molecule has 0 bridgehead atoms. The van der Waals surface area contributed by atoms with Gasteiger partial charge < -0.3 is 0 Å². The first-order valence-corrected chi connectivity index (χ1v) is 5.51. The van der Waals surface area contributed by atoms with Crippen LogP contribution in [0.3, 0.4) is 0 Å². The van der Waals surface area contributed by atoms with Gasteiger partial charge in [-0.05, 0) is 40.5 Å². The van der Waals surface area contributed by atoms with E-state index < -0.39 is 0 Å². The van der Waals surface area contributed by atoms with Crippen LogP contribution >= 0.6 is 0 Å². The lowest BCUT2D eigenvalue weighted by atomic mass is 10.1. The van der Waals surface area contributed by atoms with Crippen molar-refractivity contribution in [2.24, 2.45) is 4.99 Å². The lowest BCUT2D eigenvalue weighted by Crippen LogP contribution is -2.12. The van der Waals surface area contributed by atoms with Gasteiger partial charge in [-0.1, -0.05) is 26.2 Å². The highest BCUT2D eigenvalue weighted by Crippen LogP contribution is 2.10. The molecular formula is C12H25N. The van der Waals surface area contributed by atoms with E-state index in [0.717, 1.165) is 0 Å². The fraction of sp³-hybridized carbons (Fsp3) is 0.917. The molecule has 0 atom stereocenters. The molecule has 1 nitrogen and oxygen atoms in total. The molecule has 0 aliphatic heterocycles. The van der Waals surface area contributed by atoms with Gasteiger partial charge in [0.15, 0.2) is 0 Å². The number of rotatable bonds is 5. The number of unbranched alkanes of at least 4 members (excludes halogenated alkanes) is 3. The highest BCUT2D eigenvalue weighted by atomic mass is 14.8. The Kier molecular flexibility index (Phi) is 6.02. The molecule has 0 saturated heterocycles. The van der Waals surface area contributed by atoms with Crippen molar-refractivity contribution < 1.29 is 0 Å². The summed E-state index contributed by atoms with van der Waals surface area (Å²) in [6.45, 7) is 10.9. The Morgan fingerprint density at radius 3 is 2.15 bits per heavy atom. The Labute approximate surface area is 83.6 Å². The standard InChI is InChI=1S/C12H25N/c1-6-7-8-9-10-11(2)13-12(3,4)5/h6-10H2,1-5H3/b13-11-. The minimum atomic E-state index is 0.106. The summed E-state index contributed by atoms with van der Waals surface area (Å²) in [5, 5.41) is 0. The van der Waals surface area contributed by atoms with E-state index in [1.807, 2.05) is 0 Å².